The molecule has 0 amide bonds. The van der Waals surface area contributed by atoms with Gasteiger partial charge in [0.2, 0.25) is 0 Å². The van der Waals surface area contributed by atoms with Crippen molar-refractivity contribution in [3.8, 4) is 0 Å². The van der Waals surface area contributed by atoms with Gasteiger partial charge in [0, 0.05) is 6.21 Å². The quantitative estimate of drug-likeness (QED) is 0.451. The smallest absolute Gasteiger partial charge is 0.138 e. The lowest BCUT2D eigenvalue weighted by Crippen LogP contribution is -1.88. The number of halogens is 1. The molecule has 2 nitrogen and oxygen atoms in total. The Morgan fingerprint density at radius 3 is 3.00 bits per heavy atom. The largest absolute Gasteiger partial charge is 0.264 e. The first-order valence-corrected chi connectivity index (χ1v) is 2.59. The number of aliphatic imine (C=N–C) groups is 2. The Morgan fingerprint density at radius 1 is 1.86 bits per heavy atom. The maximum absolute atomic E-state index is 5.36. The molecule has 0 spiro atoms. The summed E-state index contributed by atoms with van der Waals surface area (Å²) in [5.41, 5.74) is 0. The molecule has 0 fully saturated rings. The Morgan fingerprint density at radius 2 is 2.71 bits per heavy atom. The fraction of sp³-hybridized carbons (Fsp3) is 0.500. The van der Waals surface area contributed by atoms with E-state index in [9.17, 15) is 0 Å². The molecule has 0 N–H and O–H groups in total. The van der Waals surface area contributed by atoms with Crippen LogP contribution in [0.15, 0.2) is 9.98 Å². The summed E-state index contributed by atoms with van der Waals surface area (Å²) in [6.07, 6.45) is 1.75. The van der Waals surface area contributed by atoms with Crippen LogP contribution in [0, 0.1) is 0 Å². The van der Waals surface area contributed by atoms with Crippen LogP contribution in [-0.2, 0) is 0 Å². The van der Waals surface area contributed by atoms with Crippen LogP contribution in [0.25, 0.3) is 0 Å². The van der Waals surface area contributed by atoms with Crippen LogP contribution in [0.2, 0.25) is 0 Å². The molecule has 1 heterocycles. The van der Waals surface area contributed by atoms with Crippen LogP contribution in [-0.4, -0.2) is 24.5 Å². The van der Waals surface area contributed by atoms with Gasteiger partial charge in [-0.15, -0.1) is 11.6 Å². The summed E-state index contributed by atoms with van der Waals surface area (Å²) in [6.45, 7) is 0.710. The summed E-state index contributed by atoms with van der Waals surface area (Å²) in [4.78, 5) is 7.76. The van der Waals surface area contributed by atoms with Gasteiger partial charge in [0.15, 0.2) is 0 Å². The second-order valence-electron chi connectivity index (χ2n) is 1.20. The van der Waals surface area contributed by atoms with Gasteiger partial charge in [0.05, 0.1) is 12.4 Å². The lowest BCUT2D eigenvalue weighted by atomic mass is 10.7. The average Bonchev–Trinajstić information content (AvgIpc) is 2.14. The molecule has 0 aromatic carbocycles. The number of nitrogens with zero attached hydrogens (tertiary/aromatic N) is 2. The second kappa shape index (κ2) is 2.07. The molecule has 3 heteroatoms. The number of hydrogen-bond acceptors (Lipinski definition) is 2. The van der Waals surface area contributed by atoms with Crippen molar-refractivity contribution in [1.82, 2.24) is 0 Å². The summed E-state index contributed by atoms with van der Waals surface area (Å²) >= 11 is 5.36. The number of amidine groups is 1. The van der Waals surface area contributed by atoms with Gasteiger partial charge in [0.1, 0.15) is 5.84 Å². The molecule has 0 aromatic rings. The molecule has 1 aliphatic rings. The molecule has 38 valence electrons. The average molecular weight is 117 g/mol. The Hall–Kier alpha value is -0.370. The van der Waals surface area contributed by atoms with Crippen molar-refractivity contribution in [2.75, 3.05) is 12.4 Å². The fourth-order valence-electron chi connectivity index (χ4n) is 0.410. The topological polar surface area (TPSA) is 24.7 Å². The summed E-state index contributed by atoms with van der Waals surface area (Å²) in [5.74, 6) is 1.19. The van der Waals surface area contributed by atoms with Crippen molar-refractivity contribution >= 4 is 23.7 Å². The van der Waals surface area contributed by atoms with E-state index >= 15 is 0 Å². The molecule has 0 radical (unpaired) electrons. The van der Waals surface area contributed by atoms with Gasteiger partial charge in [-0.2, -0.15) is 0 Å². The lowest BCUT2D eigenvalue weighted by molar-refractivity contribution is 1.35. The van der Waals surface area contributed by atoms with Crippen LogP contribution in [0.4, 0.5) is 0 Å². The SMILES string of the molecule is ClCC1=NCC=N1. The third kappa shape index (κ3) is 0.996. The first kappa shape index (κ1) is 4.78. The maximum atomic E-state index is 5.36. The van der Waals surface area contributed by atoms with Crippen LogP contribution in [0.5, 0.6) is 0 Å². The van der Waals surface area contributed by atoms with Gasteiger partial charge in [-0.1, -0.05) is 0 Å². The molecule has 7 heavy (non-hydrogen) atoms. The monoisotopic (exact) mass is 116 g/mol. The maximum Gasteiger partial charge on any atom is 0.138 e. The highest BCUT2D eigenvalue weighted by Crippen LogP contribution is 1.90. The van der Waals surface area contributed by atoms with Crippen LogP contribution in [0.1, 0.15) is 0 Å². The fourth-order valence-corrected chi connectivity index (χ4v) is 0.564. The van der Waals surface area contributed by atoms with Crippen molar-refractivity contribution in [2.45, 2.75) is 0 Å². The van der Waals surface area contributed by atoms with Crippen molar-refractivity contribution in [3.05, 3.63) is 0 Å². The van der Waals surface area contributed by atoms with E-state index in [1.165, 1.54) is 0 Å². The van der Waals surface area contributed by atoms with Gasteiger partial charge in [0.25, 0.3) is 0 Å². The first-order chi connectivity index (χ1) is 3.43. The molecule has 0 saturated carbocycles. The van der Waals surface area contributed by atoms with E-state index < -0.39 is 0 Å². The molecule has 0 aliphatic carbocycles. The third-order valence-electron chi connectivity index (χ3n) is 0.715. The Balaban J connectivity index is 2.52. The highest BCUT2D eigenvalue weighted by atomic mass is 35.5. The zero-order valence-corrected chi connectivity index (χ0v) is 4.52. The predicted molar refractivity (Wildman–Crippen MR) is 31.5 cm³/mol. The number of rotatable bonds is 1. The summed E-state index contributed by atoms with van der Waals surface area (Å²) in [7, 11) is 0. The van der Waals surface area contributed by atoms with E-state index in [4.69, 9.17) is 11.6 Å². The van der Waals surface area contributed by atoms with Gasteiger partial charge >= 0.3 is 0 Å². The van der Waals surface area contributed by atoms with Crippen molar-refractivity contribution in [1.29, 1.82) is 0 Å². The van der Waals surface area contributed by atoms with Crippen LogP contribution >= 0.6 is 11.6 Å². The normalized spacial score (nSPS) is 17.6. The van der Waals surface area contributed by atoms with Crippen molar-refractivity contribution in [3.63, 3.8) is 0 Å². The lowest BCUT2D eigenvalue weighted by Gasteiger charge is -1.79. The standard InChI is InChI=1S/C4H5ClN2/c5-3-4-6-1-2-7-4/h1H,2-3H2. The molecule has 1 rings (SSSR count). The van der Waals surface area contributed by atoms with E-state index in [0.29, 0.717) is 12.4 Å². The van der Waals surface area contributed by atoms with Gasteiger partial charge in [-0.05, 0) is 0 Å². The van der Waals surface area contributed by atoms with Gasteiger partial charge in [-0.3, -0.25) is 4.99 Å². The Bertz CT molecular complexity index is 117. The molecule has 1 aliphatic heterocycles. The Kier molecular flexibility index (Phi) is 1.42. The van der Waals surface area contributed by atoms with E-state index in [-0.39, 0.29) is 0 Å². The van der Waals surface area contributed by atoms with E-state index in [0.717, 1.165) is 5.84 Å². The molecule has 0 saturated heterocycles. The van der Waals surface area contributed by atoms with E-state index in [2.05, 4.69) is 9.98 Å². The van der Waals surface area contributed by atoms with Crippen LogP contribution in [0.3, 0.4) is 0 Å². The zero-order chi connectivity index (χ0) is 5.11. The first-order valence-electron chi connectivity index (χ1n) is 2.05. The van der Waals surface area contributed by atoms with Crippen molar-refractivity contribution < 1.29 is 0 Å². The summed E-state index contributed by atoms with van der Waals surface area (Å²) in [5, 5.41) is 0. The summed E-state index contributed by atoms with van der Waals surface area (Å²) < 4.78 is 0. The van der Waals surface area contributed by atoms with E-state index in [1.54, 1.807) is 6.21 Å². The molecule has 0 bridgehead atoms. The molecular formula is C4H5ClN2. The van der Waals surface area contributed by atoms with Gasteiger partial charge in [-0.25, -0.2) is 4.99 Å². The third-order valence-corrected chi connectivity index (χ3v) is 0.954. The highest BCUT2D eigenvalue weighted by Gasteiger charge is 1.94. The highest BCUT2D eigenvalue weighted by molar-refractivity contribution is 6.29. The number of alkyl halides is 1. The summed E-state index contributed by atoms with van der Waals surface area (Å²) in [6, 6.07) is 0. The number of hydrogen-bond donors (Lipinski definition) is 0. The minimum Gasteiger partial charge on any atom is -0.264 e. The molecule has 0 atom stereocenters. The minimum absolute atomic E-state index is 0.441. The molecule has 0 unspecified atom stereocenters. The molecule has 0 aromatic heterocycles. The van der Waals surface area contributed by atoms with Gasteiger partial charge < -0.3 is 0 Å². The van der Waals surface area contributed by atoms with Crippen LogP contribution < -0.4 is 0 Å². The predicted octanol–water partition coefficient (Wildman–Crippen LogP) is 0.708. The minimum atomic E-state index is 0.441. The second-order valence-corrected chi connectivity index (χ2v) is 1.47. The van der Waals surface area contributed by atoms with Crippen molar-refractivity contribution in [2.24, 2.45) is 9.98 Å². The molecular weight excluding hydrogens is 112 g/mol. The van der Waals surface area contributed by atoms with E-state index in [1.807, 2.05) is 0 Å². The Labute approximate surface area is 46.9 Å². The zero-order valence-electron chi connectivity index (χ0n) is 3.76.